The molecule has 0 fully saturated rings. The molecule has 0 radical (unpaired) electrons. The minimum atomic E-state index is 0. The maximum absolute atomic E-state index is 4.63. The normalized spacial score (nSPS) is 13.6. The maximum Gasteiger partial charge on any atom is 0.163 e. The van der Waals surface area contributed by atoms with E-state index in [0.29, 0.717) is 17.6 Å². The van der Waals surface area contributed by atoms with E-state index >= 15 is 0 Å². The molecule has 2 heterocycles. The first-order valence-corrected chi connectivity index (χ1v) is 27.4. The van der Waals surface area contributed by atoms with Crippen LogP contribution in [0.15, 0.2) is 242 Å². The lowest BCUT2D eigenvalue weighted by molar-refractivity contribution is 0.817. The molecule has 0 saturated heterocycles. The first kappa shape index (κ1) is 56.4. The summed E-state index contributed by atoms with van der Waals surface area (Å²) in [5.74, 6) is 2.80. The van der Waals surface area contributed by atoms with Gasteiger partial charge in [-0.25, -0.2) is 15.0 Å². The molecule has 2 aliphatic rings. The average Bonchev–Trinajstić information content (AvgIpc) is 3.93. The van der Waals surface area contributed by atoms with Gasteiger partial charge < -0.3 is 0 Å². The minimum Gasteiger partial charge on any atom is -0.265 e. The van der Waals surface area contributed by atoms with Gasteiger partial charge in [0, 0.05) is 30.9 Å². The Hall–Kier alpha value is -8.34. The van der Waals surface area contributed by atoms with Crippen LogP contribution in [-0.2, 0) is 6.42 Å². The van der Waals surface area contributed by atoms with Gasteiger partial charge >= 0.3 is 0 Å². The van der Waals surface area contributed by atoms with Gasteiger partial charge in [0.15, 0.2) is 11.6 Å². The van der Waals surface area contributed by atoms with Crippen LogP contribution in [0.1, 0.15) is 118 Å². The summed E-state index contributed by atoms with van der Waals surface area (Å²) in [5, 5.41) is 2.71. The molecule has 0 saturated carbocycles. The Morgan fingerprint density at radius 3 is 1.74 bits per heavy atom. The molecule has 0 N–H and O–H groups in total. The SMILES string of the molecule is C/C=C\C1=C(C)C(C)C(C)=C1/C=C\C.C=CC(C)c1nc(-c2ccccc2)nc(-c2ccccc2)n1.C=CC1=C(CCC)c2cccc3c(-c4ccc(C/C=C(\C)c5cccc(-c6ccncc6)c5)cc4)ccc1c23.CC.[HH]. The van der Waals surface area contributed by atoms with Crippen LogP contribution in [0.2, 0.25) is 0 Å². The highest BCUT2D eigenvalue weighted by molar-refractivity contribution is 6.18. The summed E-state index contributed by atoms with van der Waals surface area (Å²) in [6, 6.07) is 53.2. The lowest BCUT2D eigenvalue weighted by Crippen LogP contribution is -2.04. The Balaban J connectivity index is 0.000000212. The second kappa shape index (κ2) is 27.4. The Bertz CT molecular complexity index is 3410. The molecule has 4 heteroatoms. The first-order chi connectivity index (χ1) is 37.6. The van der Waals surface area contributed by atoms with Crippen molar-refractivity contribution >= 4 is 27.5 Å². The van der Waals surface area contributed by atoms with Crippen LogP contribution >= 0.6 is 0 Å². The molecule has 2 aliphatic carbocycles. The molecule has 77 heavy (non-hydrogen) atoms. The van der Waals surface area contributed by atoms with Crippen LogP contribution in [0.4, 0.5) is 0 Å². The van der Waals surface area contributed by atoms with Gasteiger partial charge in [-0.3, -0.25) is 4.98 Å². The molecule has 4 nitrogen and oxygen atoms in total. The fourth-order valence-electron chi connectivity index (χ4n) is 10.0. The monoisotopic (exact) mass is 1010 g/mol. The summed E-state index contributed by atoms with van der Waals surface area (Å²) >= 11 is 0. The summed E-state index contributed by atoms with van der Waals surface area (Å²) in [5.41, 5.74) is 22.1. The van der Waals surface area contributed by atoms with Crippen LogP contribution in [0.5, 0.6) is 0 Å². The summed E-state index contributed by atoms with van der Waals surface area (Å²) in [4.78, 5) is 18.0. The zero-order valence-corrected chi connectivity index (χ0v) is 47.1. The van der Waals surface area contributed by atoms with Gasteiger partial charge in [0.1, 0.15) is 5.82 Å². The van der Waals surface area contributed by atoms with Crippen LogP contribution < -0.4 is 0 Å². The molecular weight excluding hydrogens is 933 g/mol. The number of rotatable bonds is 14. The van der Waals surface area contributed by atoms with Gasteiger partial charge in [-0.2, -0.15) is 0 Å². The molecule has 0 amide bonds. The Kier molecular flexibility index (Phi) is 20.1. The standard InChI is InChI=1S/C38H33N.C19H17N3.C14H20.C2H6.H2/c1-4-8-34-32(5-2)37-20-19-33(35-11-7-12-36(34)38(35)37)29-17-15-27(16-18-29)14-13-26(3)30-9-6-10-31(25-30)28-21-23-39-24-22-28;1-3-14(2)17-20-18(15-10-6-4-7-11-15)22-19(21-17)16-12-8-5-9-13-16;1-6-8-13-11(4)10(3)12(5)14(13)9-7-2;1-2;/h5-7,9-13,15-25H,2,4,8,14H2,1,3H3;3-14H,1H2,2H3;6-10H,1-5H3;1-2H3;1H/b26-13+;;8-6-,9-7-;;. The lowest BCUT2D eigenvalue weighted by atomic mass is 9.93. The second-order valence-electron chi connectivity index (χ2n) is 19.4. The zero-order valence-electron chi connectivity index (χ0n) is 47.1. The molecule has 2 aromatic heterocycles. The molecular formula is C73H78N4. The van der Waals surface area contributed by atoms with Gasteiger partial charge in [-0.15, -0.1) is 6.58 Å². The van der Waals surface area contributed by atoms with E-state index in [0.717, 1.165) is 36.2 Å². The van der Waals surface area contributed by atoms with Crippen molar-refractivity contribution < 1.29 is 1.43 Å². The second-order valence-corrected chi connectivity index (χ2v) is 19.4. The van der Waals surface area contributed by atoms with Gasteiger partial charge in [-0.1, -0.05) is 235 Å². The van der Waals surface area contributed by atoms with E-state index in [9.17, 15) is 0 Å². The highest BCUT2D eigenvalue weighted by Crippen LogP contribution is 2.47. The van der Waals surface area contributed by atoms with E-state index in [-0.39, 0.29) is 7.34 Å². The van der Waals surface area contributed by atoms with Crippen molar-refractivity contribution in [2.24, 2.45) is 5.92 Å². The van der Waals surface area contributed by atoms with Crippen LogP contribution in [-0.4, -0.2) is 19.9 Å². The van der Waals surface area contributed by atoms with Gasteiger partial charge in [0.05, 0.1) is 0 Å². The molecule has 0 aliphatic heterocycles. The zero-order chi connectivity index (χ0) is 54.8. The highest BCUT2D eigenvalue weighted by Gasteiger charge is 2.24. The molecule has 390 valence electrons. The lowest BCUT2D eigenvalue weighted by Gasteiger charge is -2.11. The van der Waals surface area contributed by atoms with E-state index < -0.39 is 0 Å². The molecule has 1 atom stereocenters. The van der Waals surface area contributed by atoms with E-state index in [1.54, 1.807) is 0 Å². The Labute approximate surface area is 462 Å². The van der Waals surface area contributed by atoms with Crippen LogP contribution in [0, 0.1) is 5.92 Å². The van der Waals surface area contributed by atoms with E-state index in [2.05, 4.69) is 203 Å². The van der Waals surface area contributed by atoms with Crippen molar-refractivity contribution in [3.8, 4) is 45.0 Å². The molecule has 1 unspecified atom stereocenters. The predicted octanol–water partition coefficient (Wildman–Crippen LogP) is 20.6. The topological polar surface area (TPSA) is 51.6 Å². The number of allylic oxidation sites excluding steroid dienone is 14. The molecule has 0 spiro atoms. The number of benzene rings is 6. The van der Waals surface area contributed by atoms with E-state index in [1.807, 2.05) is 106 Å². The molecule has 6 aromatic carbocycles. The van der Waals surface area contributed by atoms with Crippen LogP contribution in [0.3, 0.4) is 0 Å². The minimum absolute atomic E-state index is 0. The maximum atomic E-state index is 4.63. The van der Waals surface area contributed by atoms with Crippen molar-refractivity contribution in [2.75, 3.05) is 0 Å². The van der Waals surface area contributed by atoms with Gasteiger partial charge in [0.2, 0.25) is 0 Å². The van der Waals surface area contributed by atoms with Crippen molar-refractivity contribution in [1.82, 2.24) is 19.9 Å². The molecule has 8 aromatic rings. The van der Waals surface area contributed by atoms with Crippen molar-refractivity contribution in [3.63, 3.8) is 0 Å². The van der Waals surface area contributed by atoms with Crippen molar-refractivity contribution in [2.45, 2.75) is 94.4 Å². The van der Waals surface area contributed by atoms with E-state index in [4.69, 9.17) is 0 Å². The number of hydrogen-bond donors (Lipinski definition) is 0. The number of hydrogen-bond acceptors (Lipinski definition) is 4. The first-order valence-electron chi connectivity index (χ1n) is 27.4. The smallest absolute Gasteiger partial charge is 0.163 e. The largest absolute Gasteiger partial charge is 0.265 e. The fourth-order valence-corrected chi connectivity index (χ4v) is 10.0. The summed E-state index contributed by atoms with van der Waals surface area (Å²) < 4.78 is 0. The third-order valence-corrected chi connectivity index (χ3v) is 14.5. The fraction of sp³-hybridized carbons (Fsp3) is 0.205. The third kappa shape index (κ3) is 13.2. The number of nitrogens with zero attached hydrogens (tertiary/aromatic N) is 4. The average molecular weight is 1010 g/mol. The molecule has 10 rings (SSSR count). The summed E-state index contributed by atoms with van der Waals surface area (Å²) in [6.45, 7) is 29.4. The summed E-state index contributed by atoms with van der Waals surface area (Å²) in [6.07, 6.45) is 21.7. The number of pyridine rings is 1. The highest BCUT2D eigenvalue weighted by atomic mass is 15.0. The predicted molar refractivity (Wildman–Crippen MR) is 335 cm³/mol. The van der Waals surface area contributed by atoms with Crippen molar-refractivity contribution in [1.29, 1.82) is 0 Å². The van der Waals surface area contributed by atoms with Gasteiger partial charge in [0.25, 0.3) is 0 Å². The Morgan fingerprint density at radius 1 is 0.610 bits per heavy atom. The van der Waals surface area contributed by atoms with Gasteiger partial charge in [-0.05, 0) is 155 Å². The molecule has 0 bridgehead atoms. The quantitative estimate of drug-likeness (QED) is 0.102. The van der Waals surface area contributed by atoms with Crippen LogP contribution in [0.25, 0.3) is 72.5 Å². The number of aromatic nitrogens is 4. The third-order valence-electron chi connectivity index (χ3n) is 14.5. The summed E-state index contributed by atoms with van der Waals surface area (Å²) in [7, 11) is 0. The van der Waals surface area contributed by atoms with E-state index in [1.165, 1.54) is 94.3 Å². The Morgan fingerprint density at radius 2 is 1.18 bits per heavy atom. The van der Waals surface area contributed by atoms with Crippen molar-refractivity contribution in [3.05, 3.63) is 270 Å².